The molecule has 1 aliphatic heterocycles. The number of hydrogen-bond donors (Lipinski definition) is 2. The highest BCUT2D eigenvalue weighted by Gasteiger charge is 2.11. The quantitative estimate of drug-likeness (QED) is 0.625. The van der Waals surface area contributed by atoms with Gasteiger partial charge in [0.2, 0.25) is 0 Å². The number of nitrogens with zero attached hydrogens (tertiary/aromatic N) is 3. The molecule has 21 heavy (non-hydrogen) atoms. The van der Waals surface area contributed by atoms with E-state index in [1.165, 1.54) is 6.42 Å². The van der Waals surface area contributed by atoms with Gasteiger partial charge in [0.05, 0.1) is 6.54 Å². The summed E-state index contributed by atoms with van der Waals surface area (Å²) >= 11 is 0. The largest absolute Gasteiger partial charge is 0.329 e. The first-order valence-electron chi connectivity index (χ1n) is 8.31. The van der Waals surface area contributed by atoms with E-state index in [1.807, 2.05) is 0 Å². The smallest absolute Gasteiger partial charge is 0.133 e. The highest BCUT2D eigenvalue weighted by Crippen LogP contribution is 2.03. The first-order valence-corrected chi connectivity index (χ1v) is 8.31. The van der Waals surface area contributed by atoms with Gasteiger partial charge in [0, 0.05) is 26.2 Å². The second-order valence-corrected chi connectivity index (χ2v) is 5.79. The molecule has 0 atom stereocenters. The number of carbonyl (C=O) groups excluding carboxylic acids is 1. The van der Waals surface area contributed by atoms with Crippen LogP contribution in [0.5, 0.6) is 0 Å². The summed E-state index contributed by atoms with van der Waals surface area (Å²) < 4.78 is 0. The molecule has 1 aliphatic rings. The van der Waals surface area contributed by atoms with Crippen LogP contribution in [0.4, 0.5) is 0 Å². The van der Waals surface area contributed by atoms with Crippen LogP contribution >= 0.6 is 0 Å². The van der Waals surface area contributed by atoms with Gasteiger partial charge in [0.15, 0.2) is 0 Å². The molecule has 1 heterocycles. The Morgan fingerprint density at radius 3 is 1.43 bits per heavy atom. The second-order valence-electron chi connectivity index (χ2n) is 5.79. The van der Waals surface area contributed by atoms with Gasteiger partial charge in [0.25, 0.3) is 0 Å². The van der Waals surface area contributed by atoms with Gasteiger partial charge in [-0.05, 0) is 58.5 Å². The average Bonchev–Trinajstić information content (AvgIpc) is 2.45. The van der Waals surface area contributed by atoms with E-state index >= 15 is 0 Å². The van der Waals surface area contributed by atoms with Crippen molar-refractivity contribution in [3.05, 3.63) is 0 Å². The zero-order valence-corrected chi connectivity index (χ0v) is 13.4. The van der Waals surface area contributed by atoms with Gasteiger partial charge in [-0.15, -0.1) is 0 Å². The summed E-state index contributed by atoms with van der Waals surface area (Å²) in [7, 11) is 0. The molecule has 4 N–H and O–H groups in total. The Morgan fingerprint density at radius 2 is 1.10 bits per heavy atom. The maximum absolute atomic E-state index is 10.8. The van der Waals surface area contributed by atoms with Crippen molar-refractivity contribution in [1.82, 2.24) is 14.7 Å². The summed E-state index contributed by atoms with van der Waals surface area (Å²) in [5, 5.41) is 0. The van der Waals surface area contributed by atoms with E-state index in [2.05, 4.69) is 14.7 Å². The van der Waals surface area contributed by atoms with Gasteiger partial charge in [-0.2, -0.15) is 0 Å². The Labute approximate surface area is 129 Å². The lowest BCUT2D eigenvalue weighted by Crippen LogP contribution is -2.39. The van der Waals surface area contributed by atoms with Crippen molar-refractivity contribution in [2.45, 2.75) is 19.3 Å². The molecule has 0 aromatic heterocycles. The van der Waals surface area contributed by atoms with Crippen LogP contribution in [0.15, 0.2) is 0 Å². The van der Waals surface area contributed by atoms with Crippen LogP contribution in [0.3, 0.4) is 0 Å². The third kappa shape index (κ3) is 8.48. The van der Waals surface area contributed by atoms with E-state index in [1.54, 1.807) is 0 Å². The molecule has 1 fully saturated rings. The molecule has 0 spiro atoms. The fourth-order valence-corrected chi connectivity index (χ4v) is 2.99. The van der Waals surface area contributed by atoms with Crippen molar-refractivity contribution < 1.29 is 4.79 Å². The third-order valence-electron chi connectivity index (χ3n) is 4.07. The van der Waals surface area contributed by atoms with E-state index in [0.29, 0.717) is 19.6 Å². The molecule has 0 aromatic rings. The fraction of sp³-hybridized carbons (Fsp3) is 0.933. The van der Waals surface area contributed by atoms with Crippen molar-refractivity contribution >= 4 is 6.29 Å². The first kappa shape index (κ1) is 18.5. The van der Waals surface area contributed by atoms with Crippen molar-refractivity contribution in [3.8, 4) is 0 Å². The van der Waals surface area contributed by atoms with Crippen LogP contribution in [-0.4, -0.2) is 93.0 Å². The van der Waals surface area contributed by atoms with Crippen LogP contribution in [-0.2, 0) is 4.79 Å². The maximum atomic E-state index is 10.8. The SMILES string of the molecule is NCCN1CCCN(CC=O)CCCN(CCN)CCC1. The second kappa shape index (κ2) is 12.1. The molecule has 6 heteroatoms. The number of nitrogens with two attached hydrogens (primary N) is 2. The average molecular weight is 299 g/mol. The normalized spacial score (nSPS) is 21.6. The first-order chi connectivity index (χ1) is 10.3. The summed E-state index contributed by atoms with van der Waals surface area (Å²) in [5.74, 6) is 0. The molecule has 0 unspecified atom stereocenters. The number of carbonyl (C=O) groups is 1. The summed E-state index contributed by atoms with van der Waals surface area (Å²) in [5.41, 5.74) is 11.4. The number of hydrogen-bond acceptors (Lipinski definition) is 6. The number of rotatable bonds is 6. The monoisotopic (exact) mass is 299 g/mol. The molecular weight excluding hydrogens is 266 g/mol. The van der Waals surface area contributed by atoms with E-state index in [4.69, 9.17) is 11.5 Å². The summed E-state index contributed by atoms with van der Waals surface area (Å²) in [6.07, 6.45) is 4.42. The molecule has 6 nitrogen and oxygen atoms in total. The zero-order chi connectivity index (χ0) is 15.3. The van der Waals surface area contributed by atoms with Gasteiger partial charge < -0.3 is 26.1 Å². The topological polar surface area (TPSA) is 78.8 Å². The summed E-state index contributed by atoms with van der Waals surface area (Å²) in [6.45, 7) is 10.2. The molecule has 0 bridgehead atoms. The van der Waals surface area contributed by atoms with E-state index in [-0.39, 0.29) is 0 Å². The van der Waals surface area contributed by atoms with Crippen molar-refractivity contribution in [3.63, 3.8) is 0 Å². The minimum absolute atomic E-state index is 0.549. The van der Waals surface area contributed by atoms with Gasteiger partial charge in [-0.3, -0.25) is 4.90 Å². The molecule has 0 saturated carbocycles. The molecule has 1 saturated heterocycles. The van der Waals surface area contributed by atoms with Crippen LogP contribution < -0.4 is 11.5 Å². The van der Waals surface area contributed by atoms with Gasteiger partial charge in [-0.1, -0.05) is 0 Å². The summed E-state index contributed by atoms with van der Waals surface area (Å²) in [4.78, 5) is 17.9. The van der Waals surface area contributed by atoms with Crippen molar-refractivity contribution in [2.75, 3.05) is 72.0 Å². The highest BCUT2D eigenvalue weighted by molar-refractivity contribution is 5.51. The fourth-order valence-electron chi connectivity index (χ4n) is 2.99. The molecule has 0 amide bonds. The Morgan fingerprint density at radius 1 is 0.714 bits per heavy atom. The van der Waals surface area contributed by atoms with E-state index in [9.17, 15) is 4.79 Å². The van der Waals surface area contributed by atoms with Crippen molar-refractivity contribution in [1.29, 1.82) is 0 Å². The Hall–Kier alpha value is -0.530. The molecule has 0 aliphatic carbocycles. The highest BCUT2D eigenvalue weighted by atomic mass is 16.1. The lowest BCUT2D eigenvalue weighted by Gasteiger charge is -2.29. The lowest BCUT2D eigenvalue weighted by atomic mass is 10.2. The Balaban J connectivity index is 2.52. The summed E-state index contributed by atoms with van der Waals surface area (Å²) in [6, 6.07) is 0. The van der Waals surface area contributed by atoms with Crippen LogP contribution in [0.1, 0.15) is 19.3 Å². The molecule has 0 aromatic carbocycles. The van der Waals surface area contributed by atoms with Gasteiger partial charge in [0.1, 0.15) is 6.29 Å². The minimum Gasteiger partial charge on any atom is -0.329 e. The number of aldehydes is 1. The minimum atomic E-state index is 0.549. The molecular formula is C15H33N5O. The predicted octanol–water partition coefficient (Wildman–Crippen LogP) is -0.807. The Kier molecular flexibility index (Phi) is 10.6. The third-order valence-corrected chi connectivity index (χ3v) is 4.07. The Bertz CT molecular complexity index is 244. The molecule has 124 valence electrons. The van der Waals surface area contributed by atoms with E-state index < -0.39 is 0 Å². The van der Waals surface area contributed by atoms with Gasteiger partial charge >= 0.3 is 0 Å². The van der Waals surface area contributed by atoms with E-state index in [0.717, 1.165) is 71.5 Å². The van der Waals surface area contributed by atoms with Crippen molar-refractivity contribution in [2.24, 2.45) is 11.5 Å². The maximum Gasteiger partial charge on any atom is 0.133 e. The predicted molar refractivity (Wildman–Crippen MR) is 87.3 cm³/mol. The zero-order valence-electron chi connectivity index (χ0n) is 13.4. The van der Waals surface area contributed by atoms with Gasteiger partial charge in [-0.25, -0.2) is 0 Å². The molecule has 1 rings (SSSR count). The lowest BCUT2D eigenvalue weighted by molar-refractivity contribution is -0.108. The molecule has 0 radical (unpaired) electrons. The van der Waals surface area contributed by atoms with Crippen LogP contribution in [0.2, 0.25) is 0 Å². The standard InChI is InChI=1S/C15H33N5O/c16-4-12-18-6-1-7-19(13-5-17)9-3-11-20(14-15-21)10-2-8-18/h15H,1-14,16-17H2. The van der Waals surface area contributed by atoms with Crippen LogP contribution in [0.25, 0.3) is 0 Å². The van der Waals surface area contributed by atoms with Crippen LogP contribution in [0, 0.1) is 0 Å².